The van der Waals surface area contributed by atoms with Crippen molar-refractivity contribution in [1.29, 1.82) is 0 Å². The molecule has 0 aliphatic carbocycles. The minimum Gasteiger partial charge on any atom is -0.264 e. The maximum Gasteiger partial charge on any atom is 0.163 e. The fraction of sp³-hybridized carbons (Fsp3) is 0.174. The Morgan fingerprint density at radius 2 is 1.50 bits per heavy atom. The van der Waals surface area contributed by atoms with Crippen molar-refractivity contribution in [2.45, 2.75) is 27.7 Å². The van der Waals surface area contributed by atoms with Crippen molar-refractivity contribution in [1.82, 2.24) is 15.0 Å². The zero-order chi connectivity index (χ0) is 20.5. The fourth-order valence-electron chi connectivity index (χ4n) is 2.56. The summed E-state index contributed by atoms with van der Waals surface area (Å²) in [5, 5.41) is 1.09. The smallest absolute Gasteiger partial charge is 0.163 e. The third-order valence-corrected chi connectivity index (χ3v) is 4.02. The lowest BCUT2D eigenvalue weighted by Crippen LogP contribution is -1.93. The molecule has 2 heterocycles. The topological polar surface area (TPSA) is 38.7 Å². The van der Waals surface area contributed by atoms with Crippen LogP contribution in [0.1, 0.15) is 27.7 Å². The van der Waals surface area contributed by atoms with E-state index in [0.29, 0.717) is 11.0 Å². The van der Waals surface area contributed by atoms with Crippen LogP contribution >= 0.6 is 11.6 Å². The molecule has 0 aliphatic rings. The van der Waals surface area contributed by atoms with E-state index in [0.717, 1.165) is 27.6 Å². The monoisotopic (exact) mass is 395 g/mol. The number of rotatable bonds is 2. The normalized spacial score (nSPS) is 9.79. The van der Waals surface area contributed by atoms with Crippen molar-refractivity contribution in [3.63, 3.8) is 0 Å². The highest BCUT2D eigenvalue weighted by molar-refractivity contribution is 6.34. The second-order valence-electron chi connectivity index (χ2n) is 5.32. The molecular weight excluding hydrogens is 373 g/mol. The predicted octanol–water partition coefficient (Wildman–Crippen LogP) is 7.20. The Balaban J connectivity index is 0.000000660. The lowest BCUT2D eigenvalue weighted by atomic mass is 10.0. The summed E-state index contributed by atoms with van der Waals surface area (Å²) in [7, 11) is 0. The van der Waals surface area contributed by atoms with Crippen molar-refractivity contribution in [2.75, 3.05) is 0 Å². The van der Waals surface area contributed by atoms with Gasteiger partial charge in [0.25, 0.3) is 0 Å². The summed E-state index contributed by atoms with van der Waals surface area (Å²) in [6, 6.07) is 15.8. The van der Waals surface area contributed by atoms with Crippen molar-refractivity contribution in [3.05, 3.63) is 78.0 Å². The van der Waals surface area contributed by atoms with Crippen molar-refractivity contribution >= 4 is 22.5 Å². The molecule has 3 nitrogen and oxygen atoms in total. The summed E-state index contributed by atoms with van der Waals surface area (Å²) < 4.78 is 13.4. The van der Waals surface area contributed by atoms with E-state index in [4.69, 9.17) is 11.6 Å². The van der Waals surface area contributed by atoms with Crippen molar-refractivity contribution in [2.24, 2.45) is 0 Å². The predicted molar refractivity (Wildman–Crippen MR) is 116 cm³/mol. The van der Waals surface area contributed by atoms with E-state index in [1.165, 1.54) is 12.1 Å². The van der Waals surface area contributed by atoms with Crippen LogP contribution in [0.5, 0.6) is 0 Å². The zero-order valence-electron chi connectivity index (χ0n) is 16.4. The number of nitrogens with zero attached hydrogens (tertiary/aromatic N) is 3. The van der Waals surface area contributed by atoms with Gasteiger partial charge in [-0.3, -0.25) is 4.98 Å². The van der Waals surface area contributed by atoms with Gasteiger partial charge in [0, 0.05) is 23.3 Å². The molecule has 0 atom stereocenters. The first-order chi connectivity index (χ1) is 13.7. The van der Waals surface area contributed by atoms with Gasteiger partial charge in [-0.05, 0) is 47.5 Å². The Labute approximate surface area is 170 Å². The van der Waals surface area contributed by atoms with Crippen LogP contribution in [-0.4, -0.2) is 15.0 Å². The van der Waals surface area contributed by atoms with Crippen LogP contribution in [0.3, 0.4) is 0 Å². The highest BCUT2D eigenvalue weighted by Gasteiger charge is 2.10. The largest absolute Gasteiger partial charge is 0.264 e. The van der Waals surface area contributed by atoms with E-state index in [1.807, 2.05) is 64.1 Å². The lowest BCUT2D eigenvalue weighted by molar-refractivity contribution is 0.628. The third kappa shape index (κ3) is 4.90. The van der Waals surface area contributed by atoms with Gasteiger partial charge in [-0.1, -0.05) is 57.5 Å². The maximum atomic E-state index is 13.4. The zero-order valence-corrected chi connectivity index (χ0v) is 17.2. The van der Waals surface area contributed by atoms with Crippen molar-refractivity contribution in [3.8, 4) is 22.5 Å². The molecule has 0 unspecified atom stereocenters. The van der Waals surface area contributed by atoms with Gasteiger partial charge in [0.15, 0.2) is 5.82 Å². The quantitative estimate of drug-likeness (QED) is 0.337. The highest BCUT2D eigenvalue weighted by atomic mass is 35.5. The Morgan fingerprint density at radius 1 is 0.786 bits per heavy atom. The molecule has 144 valence electrons. The van der Waals surface area contributed by atoms with Crippen LogP contribution in [0.15, 0.2) is 67.0 Å². The molecule has 28 heavy (non-hydrogen) atoms. The van der Waals surface area contributed by atoms with Gasteiger partial charge in [-0.25, -0.2) is 14.4 Å². The number of halogens is 2. The number of hydrogen-bond donors (Lipinski definition) is 0. The number of pyridine rings is 1. The van der Waals surface area contributed by atoms with Crippen LogP contribution in [-0.2, 0) is 0 Å². The molecule has 0 bridgehead atoms. The number of hydrogen-bond acceptors (Lipinski definition) is 3. The van der Waals surface area contributed by atoms with E-state index in [1.54, 1.807) is 18.5 Å². The Morgan fingerprint density at radius 3 is 2.18 bits per heavy atom. The summed E-state index contributed by atoms with van der Waals surface area (Å²) in [6.45, 7) is 8.00. The first kappa shape index (κ1) is 21.5. The first-order valence-corrected chi connectivity index (χ1v) is 9.72. The van der Waals surface area contributed by atoms with Crippen LogP contribution in [0.2, 0.25) is 5.15 Å². The van der Waals surface area contributed by atoms with Gasteiger partial charge >= 0.3 is 0 Å². The van der Waals surface area contributed by atoms with Gasteiger partial charge in [0.05, 0.1) is 5.52 Å². The SMILES string of the molecule is CC.CC.Fc1cccc(-c2ccc3nc(-c4cccnc4)nc(Cl)c3c2)c1. The lowest BCUT2D eigenvalue weighted by Gasteiger charge is -2.07. The Bertz CT molecular complexity index is 1040. The summed E-state index contributed by atoms with van der Waals surface area (Å²) in [5.41, 5.74) is 3.18. The van der Waals surface area contributed by atoms with Gasteiger partial charge < -0.3 is 0 Å². The average molecular weight is 396 g/mol. The fourth-order valence-corrected chi connectivity index (χ4v) is 2.79. The molecule has 0 saturated carbocycles. The summed E-state index contributed by atoms with van der Waals surface area (Å²) >= 11 is 6.36. The molecule has 0 aliphatic heterocycles. The molecule has 0 saturated heterocycles. The van der Waals surface area contributed by atoms with Crippen LogP contribution in [0, 0.1) is 5.82 Å². The van der Waals surface area contributed by atoms with Gasteiger partial charge in [-0.2, -0.15) is 0 Å². The molecule has 0 spiro atoms. The molecular formula is C23H23ClFN3. The van der Waals surface area contributed by atoms with Gasteiger partial charge in [0.2, 0.25) is 0 Å². The molecule has 4 aromatic rings. The van der Waals surface area contributed by atoms with Gasteiger partial charge in [-0.15, -0.1) is 0 Å². The molecule has 0 N–H and O–H groups in total. The van der Waals surface area contributed by atoms with Crippen LogP contribution in [0.25, 0.3) is 33.4 Å². The van der Waals surface area contributed by atoms with E-state index in [9.17, 15) is 4.39 Å². The minimum absolute atomic E-state index is 0.276. The number of aromatic nitrogens is 3. The Hall–Kier alpha value is -2.85. The second-order valence-corrected chi connectivity index (χ2v) is 5.68. The molecule has 5 heteroatoms. The highest BCUT2D eigenvalue weighted by Crippen LogP contribution is 2.29. The molecule has 2 aromatic carbocycles. The Kier molecular flexibility index (Phi) is 8.02. The third-order valence-electron chi connectivity index (χ3n) is 3.73. The van der Waals surface area contributed by atoms with Crippen LogP contribution in [0.4, 0.5) is 4.39 Å². The van der Waals surface area contributed by atoms with E-state index < -0.39 is 0 Å². The first-order valence-electron chi connectivity index (χ1n) is 9.34. The van der Waals surface area contributed by atoms with Crippen LogP contribution < -0.4 is 0 Å². The maximum absolute atomic E-state index is 13.4. The standard InChI is InChI=1S/C19H11ClFN3.2C2H6/c20-18-16-10-13(12-3-1-5-15(21)9-12)6-7-17(16)23-19(24-18)14-4-2-8-22-11-14;2*1-2/h1-11H;2*1-2H3. The van der Waals surface area contributed by atoms with E-state index in [2.05, 4.69) is 15.0 Å². The second kappa shape index (κ2) is 10.5. The molecule has 0 radical (unpaired) electrons. The number of benzene rings is 2. The molecule has 4 rings (SSSR count). The summed E-state index contributed by atoms with van der Waals surface area (Å²) in [4.78, 5) is 13.0. The summed E-state index contributed by atoms with van der Waals surface area (Å²) in [5.74, 6) is 0.251. The summed E-state index contributed by atoms with van der Waals surface area (Å²) in [6.07, 6.45) is 3.38. The molecule has 0 fully saturated rings. The van der Waals surface area contributed by atoms with E-state index in [-0.39, 0.29) is 5.82 Å². The minimum atomic E-state index is -0.276. The van der Waals surface area contributed by atoms with E-state index >= 15 is 0 Å². The molecule has 0 amide bonds. The van der Waals surface area contributed by atoms with Crippen molar-refractivity contribution < 1.29 is 4.39 Å². The average Bonchev–Trinajstić information content (AvgIpc) is 2.77. The van der Waals surface area contributed by atoms with Gasteiger partial charge in [0.1, 0.15) is 11.0 Å². The number of fused-ring (bicyclic) bond motifs is 1. The molecule has 2 aromatic heterocycles.